The third kappa shape index (κ3) is 3.08. The average Bonchev–Trinajstić information content (AvgIpc) is 2.44. The number of nitrogens with zero attached hydrogens (tertiary/aromatic N) is 2. The molecule has 112 valence electrons. The van der Waals surface area contributed by atoms with E-state index in [-0.39, 0.29) is 34.7 Å². The Hall–Kier alpha value is -2.28. The van der Waals surface area contributed by atoms with E-state index in [1.54, 1.807) is 6.07 Å². The summed E-state index contributed by atoms with van der Waals surface area (Å²) in [6, 6.07) is 3.94. The highest BCUT2D eigenvalue weighted by atomic mass is 19.1. The number of aliphatic hydroxyl groups is 1. The van der Waals surface area contributed by atoms with E-state index < -0.39 is 16.8 Å². The predicted molar refractivity (Wildman–Crippen MR) is 77.7 cm³/mol. The van der Waals surface area contributed by atoms with Crippen LogP contribution in [-0.2, 0) is 0 Å². The van der Waals surface area contributed by atoms with Gasteiger partial charge in [-0.15, -0.1) is 0 Å². The van der Waals surface area contributed by atoms with Gasteiger partial charge in [-0.3, -0.25) is 15.1 Å². The maximum absolute atomic E-state index is 14.1. The number of non-ortho nitro benzene ring substituents is 1. The Balaban J connectivity index is 2.47. The largest absolute Gasteiger partial charge is 0.391 e. The fraction of sp³-hybridized carbons (Fsp3) is 0.357. The number of hydrogen-bond donors (Lipinski definition) is 2. The molecule has 0 aliphatic heterocycles. The number of benzene rings is 1. The molecule has 1 unspecified atom stereocenters. The van der Waals surface area contributed by atoms with E-state index in [1.807, 2.05) is 13.8 Å². The van der Waals surface area contributed by atoms with Gasteiger partial charge in [0.2, 0.25) is 0 Å². The minimum atomic E-state index is -0.760. The first kappa shape index (κ1) is 15.1. The number of pyridine rings is 1. The Morgan fingerprint density at radius 2 is 2.24 bits per heavy atom. The summed E-state index contributed by atoms with van der Waals surface area (Å²) in [5, 5.41) is 23.8. The Labute approximate surface area is 120 Å². The molecule has 0 fully saturated rings. The number of nitrogens with one attached hydrogen (secondary N) is 1. The number of fused-ring (bicyclic) bond motifs is 1. The van der Waals surface area contributed by atoms with Gasteiger partial charge in [-0.05, 0) is 18.1 Å². The third-order valence-electron chi connectivity index (χ3n) is 3.28. The van der Waals surface area contributed by atoms with Crippen LogP contribution in [0.2, 0.25) is 0 Å². The highest BCUT2D eigenvalue weighted by Crippen LogP contribution is 2.32. The summed E-state index contributed by atoms with van der Waals surface area (Å²) in [5.41, 5.74) is -0.0818. The van der Waals surface area contributed by atoms with Crippen LogP contribution in [-0.4, -0.2) is 27.7 Å². The molecule has 0 spiro atoms. The first-order valence-corrected chi connectivity index (χ1v) is 6.55. The van der Waals surface area contributed by atoms with Crippen molar-refractivity contribution in [1.82, 2.24) is 4.98 Å². The van der Waals surface area contributed by atoms with Crippen LogP contribution in [0.3, 0.4) is 0 Å². The molecule has 0 radical (unpaired) electrons. The molecule has 1 aromatic carbocycles. The number of aliphatic hydroxyl groups excluding tert-OH is 1. The van der Waals surface area contributed by atoms with Crippen molar-refractivity contribution in [3.8, 4) is 0 Å². The Bertz CT molecular complexity index is 676. The third-order valence-corrected chi connectivity index (χ3v) is 3.28. The van der Waals surface area contributed by atoms with Crippen molar-refractivity contribution in [1.29, 1.82) is 0 Å². The zero-order chi connectivity index (χ0) is 15.6. The van der Waals surface area contributed by atoms with Crippen LogP contribution in [0.4, 0.5) is 15.8 Å². The SMILES string of the molecule is CC(C)C(O)CNc1c(F)cc([N+](=O)[O-])c2cccnc12. The van der Waals surface area contributed by atoms with Crippen molar-refractivity contribution in [3.63, 3.8) is 0 Å². The monoisotopic (exact) mass is 293 g/mol. The summed E-state index contributed by atoms with van der Waals surface area (Å²) in [4.78, 5) is 14.4. The summed E-state index contributed by atoms with van der Waals surface area (Å²) < 4.78 is 14.1. The van der Waals surface area contributed by atoms with Crippen molar-refractivity contribution in [2.24, 2.45) is 5.92 Å². The smallest absolute Gasteiger partial charge is 0.281 e. The van der Waals surface area contributed by atoms with Crippen molar-refractivity contribution < 1.29 is 14.4 Å². The van der Waals surface area contributed by atoms with E-state index in [2.05, 4.69) is 10.3 Å². The van der Waals surface area contributed by atoms with Gasteiger partial charge in [0.25, 0.3) is 5.69 Å². The van der Waals surface area contributed by atoms with Crippen molar-refractivity contribution in [3.05, 3.63) is 40.3 Å². The van der Waals surface area contributed by atoms with Gasteiger partial charge in [0, 0.05) is 12.7 Å². The van der Waals surface area contributed by atoms with Gasteiger partial charge >= 0.3 is 0 Å². The molecule has 0 amide bonds. The zero-order valence-corrected chi connectivity index (χ0v) is 11.7. The number of aromatic nitrogens is 1. The second-order valence-corrected chi connectivity index (χ2v) is 5.10. The number of hydrogen-bond acceptors (Lipinski definition) is 5. The Morgan fingerprint density at radius 1 is 1.52 bits per heavy atom. The van der Waals surface area contributed by atoms with Crippen molar-refractivity contribution in [2.45, 2.75) is 20.0 Å². The fourth-order valence-corrected chi connectivity index (χ4v) is 1.96. The normalized spacial score (nSPS) is 12.6. The van der Waals surface area contributed by atoms with Gasteiger partial charge in [-0.1, -0.05) is 13.8 Å². The fourth-order valence-electron chi connectivity index (χ4n) is 1.96. The van der Waals surface area contributed by atoms with E-state index in [1.165, 1.54) is 12.3 Å². The molecule has 2 aromatic rings. The maximum Gasteiger partial charge on any atom is 0.281 e. The molecular formula is C14H16FN3O3. The molecule has 0 bridgehead atoms. The van der Waals surface area contributed by atoms with Gasteiger partial charge in [-0.2, -0.15) is 0 Å². The molecular weight excluding hydrogens is 277 g/mol. The molecule has 0 aliphatic rings. The van der Waals surface area contributed by atoms with Gasteiger partial charge in [-0.25, -0.2) is 4.39 Å². The van der Waals surface area contributed by atoms with E-state index in [0.717, 1.165) is 6.07 Å². The van der Waals surface area contributed by atoms with Gasteiger partial charge < -0.3 is 10.4 Å². The van der Waals surface area contributed by atoms with Crippen molar-refractivity contribution in [2.75, 3.05) is 11.9 Å². The lowest BCUT2D eigenvalue weighted by molar-refractivity contribution is -0.383. The molecule has 0 saturated heterocycles. The van der Waals surface area contributed by atoms with E-state index in [4.69, 9.17) is 0 Å². The summed E-state index contributed by atoms with van der Waals surface area (Å²) in [5.74, 6) is -0.748. The highest BCUT2D eigenvalue weighted by Gasteiger charge is 2.20. The summed E-state index contributed by atoms with van der Waals surface area (Å²) >= 11 is 0. The van der Waals surface area contributed by atoms with Crippen LogP contribution in [0.15, 0.2) is 24.4 Å². The first-order valence-electron chi connectivity index (χ1n) is 6.55. The molecule has 21 heavy (non-hydrogen) atoms. The molecule has 1 heterocycles. The molecule has 2 N–H and O–H groups in total. The van der Waals surface area contributed by atoms with Crippen LogP contribution in [0.5, 0.6) is 0 Å². The quantitative estimate of drug-likeness (QED) is 0.653. The number of anilines is 1. The maximum atomic E-state index is 14.1. The number of nitro benzene ring substituents is 1. The van der Waals surface area contributed by atoms with Gasteiger partial charge in [0.05, 0.1) is 28.2 Å². The zero-order valence-electron chi connectivity index (χ0n) is 11.7. The number of halogens is 1. The lowest BCUT2D eigenvalue weighted by Gasteiger charge is -2.17. The van der Waals surface area contributed by atoms with Crippen molar-refractivity contribution >= 4 is 22.3 Å². The Kier molecular flexibility index (Phi) is 4.32. The van der Waals surface area contributed by atoms with Crippen LogP contribution >= 0.6 is 0 Å². The second-order valence-electron chi connectivity index (χ2n) is 5.10. The first-order chi connectivity index (χ1) is 9.91. The number of nitro groups is 1. The minimum Gasteiger partial charge on any atom is -0.391 e. The van der Waals surface area contributed by atoms with Crippen LogP contribution in [0.1, 0.15) is 13.8 Å². The molecule has 1 aromatic heterocycles. The Morgan fingerprint density at radius 3 is 2.86 bits per heavy atom. The summed E-state index contributed by atoms with van der Waals surface area (Å²) in [7, 11) is 0. The molecule has 0 aliphatic carbocycles. The number of rotatable bonds is 5. The lowest BCUT2D eigenvalue weighted by atomic mass is 10.1. The molecule has 1 atom stereocenters. The second kappa shape index (κ2) is 6.01. The average molecular weight is 293 g/mol. The predicted octanol–water partition coefficient (Wildman–Crippen LogP) is 2.71. The molecule has 2 rings (SSSR count). The van der Waals surface area contributed by atoms with Crippen LogP contribution in [0, 0.1) is 21.8 Å². The standard InChI is InChI=1S/C14H16FN3O3/c1-8(2)12(19)7-17-14-10(15)6-11(18(20)21)9-4-3-5-16-13(9)14/h3-6,8,12,17,19H,7H2,1-2H3. The topological polar surface area (TPSA) is 88.3 Å². The van der Waals surface area contributed by atoms with E-state index in [9.17, 15) is 19.6 Å². The molecule has 0 saturated carbocycles. The summed E-state index contributed by atoms with van der Waals surface area (Å²) in [6.07, 6.45) is 0.786. The highest BCUT2D eigenvalue weighted by molar-refractivity contribution is 5.97. The van der Waals surface area contributed by atoms with Crippen LogP contribution in [0.25, 0.3) is 10.9 Å². The van der Waals surface area contributed by atoms with Crippen LogP contribution < -0.4 is 5.32 Å². The molecule has 7 heteroatoms. The summed E-state index contributed by atoms with van der Waals surface area (Å²) in [6.45, 7) is 3.82. The van der Waals surface area contributed by atoms with E-state index in [0.29, 0.717) is 0 Å². The van der Waals surface area contributed by atoms with E-state index >= 15 is 0 Å². The lowest BCUT2D eigenvalue weighted by Crippen LogP contribution is -2.25. The molecule has 6 nitrogen and oxygen atoms in total. The minimum absolute atomic E-state index is 0.0119. The van der Waals surface area contributed by atoms with Gasteiger partial charge in [0.15, 0.2) is 5.82 Å². The van der Waals surface area contributed by atoms with Gasteiger partial charge in [0.1, 0.15) is 5.52 Å².